The molecule has 0 aliphatic carbocycles. The molecule has 2 aromatic carbocycles. The Morgan fingerprint density at radius 2 is 1.05 bits per heavy atom. The van der Waals surface area contributed by atoms with E-state index in [1.807, 2.05) is 60.6 Å². The van der Waals surface area contributed by atoms with Gasteiger partial charge < -0.3 is 31.7 Å². The molecule has 0 unspecified atom stereocenters. The van der Waals surface area contributed by atoms with E-state index in [0.717, 1.165) is 44.8 Å². The Balaban J connectivity index is 0.00000232. The molecule has 0 spiro atoms. The van der Waals surface area contributed by atoms with Gasteiger partial charge in [-0.15, -0.1) is 12.4 Å². The zero-order valence-electron chi connectivity index (χ0n) is 32.7. The first-order valence-corrected chi connectivity index (χ1v) is 16.8. The Kier molecular flexibility index (Phi) is 14.8. The number of hydrazine groups is 1. The molecule has 5 heterocycles. The Morgan fingerprint density at radius 1 is 0.554 bits per heavy atom. The van der Waals surface area contributed by atoms with Crippen molar-refractivity contribution in [2.75, 3.05) is 22.3 Å². The molecule has 6 N–H and O–H groups in total. The van der Waals surface area contributed by atoms with Crippen LogP contribution in [0.2, 0.25) is 0 Å². The molecule has 0 amide bonds. The SMILES string of the molecule is Cc1cc(C)cc(-n2n[c-]c(C)c2N=Nc2c(C)nn(-c3nc(C)nc(-n4nc(C)c(NNc5c(C)[c-]nn5-c5cc(C)cc(C)c5)c4N)n3)c2N)c1.[Y].[Y].[Y]. The quantitative estimate of drug-likeness (QED) is 0.0749. The van der Waals surface area contributed by atoms with Crippen molar-refractivity contribution in [1.82, 2.24) is 54.1 Å². The molecule has 5 aromatic heterocycles. The second kappa shape index (κ2) is 18.3. The minimum absolute atomic E-state index is 0. The van der Waals surface area contributed by atoms with Crippen LogP contribution in [0.15, 0.2) is 46.6 Å². The fourth-order valence-corrected chi connectivity index (χ4v) is 6.07. The molecule has 20 heteroatoms. The zero-order valence-corrected chi connectivity index (χ0v) is 41.2. The molecule has 0 aliphatic rings. The predicted octanol–water partition coefficient (Wildman–Crippen LogP) is 6.00. The van der Waals surface area contributed by atoms with Gasteiger partial charge in [-0.3, -0.25) is 10.2 Å². The number of benzene rings is 2. The fraction of sp³-hybridized carbons (Fsp3) is 0.250. The summed E-state index contributed by atoms with van der Waals surface area (Å²) in [7, 11) is 0. The number of aryl methyl sites for hydroxylation is 9. The molecule has 7 aromatic rings. The minimum Gasteiger partial charge on any atom is -0.382 e. The maximum Gasteiger partial charge on any atom is 0.257 e. The number of anilines is 4. The molecular formula is C36H39N17Y3-2. The first-order valence-electron chi connectivity index (χ1n) is 16.8. The molecule has 56 heavy (non-hydrogen) atoms. The van der Waals surface area contributed by atoms with E-state index in [4.69, 9.17) is 11.5 Å². The standard InChI is InChI=1S/C36H39N17.3Y/c1-18-10-19(2)13-27(12-18)50-33(22(5)16-39-50)46-44-29-24(7)48-52(31(29)37)35-41-26(9)42-36(43-35)53-32(38)30(25(8)49-53)45-47-34-23(6)17-40-51(34)28-14-20(3)11-21(4)15-28;;;/h10-15,44,46H,37-38H2,1-9H3;;;/q-2;;;. The van der Waals surface area contributed by atoms with Gasteiger partial charge in [0.25, 0.3) is 11.9 Å². The molecule has 0 bridgehead atoms. The van der Waals surface area contributed by atoms with Crippen molar-refractivity contribution in [2.24, 2.45) is 10.2 Å². The van der Waals surface area contributed by atoms with E-state index in [1.165, 1.54) is 9.36 Å². The van der Waals surface area contributed by atoms with Crippen LogP contribution in [-0.2, 0) is 98.1 Å². The average molecular weight is 977 g/mol. The second-order valence-electron chi connectivity index (χ2n) is 13.1. The number of hydrogen-bond acceptors (Lipinski definition) is 13. The monoisotopic (exact) mass is 976 g/mol. The summed E-state index contributed by atoms with van der Waals surface area (Å²) in [5, 5.41) is 27.2. The second-order valence-corrected chi connectivity index (χ2v) is 13.1. The molecule has 279 valence electrons. The van der Waals surface area contributed by atoms with Gasteiger partial charge in [0.2, 0.25) is 0 Å². The summed E-state index contributed by atoms with van der Waals surface area (Å²) in [5.74, 6) is 2.38. The number of nitrogens with two attached hydrogens (primary N) is 2. The molecule has 0 saturated carbocycles. The number of nitrogens with zero attached hydrogens (tertiary/aromatic N) is 13. The third-order valence-electron chi connectivity index (χ3n) is 8.45. The van der Waals surface area contributed by atoms with Crippen LogP contribution in [0.5, 0.6) is 0 Å². The van der Waals surface area contributed by atoms with Crippen molar-refractivity contribution in [3.05, 3.63) is 99.4 Å². The number of aromatic nitrogens is 11. The number of nitrogens with one attached hydrogen (secondary N) is 2. The fourth-order valence-electron chi connectivity index (χ4n) is 6.07. The van der Waals surface area contributed by atoms with Crippen LogP contribution >= 0.6 is 0 Å². The van der Waals surface area contributed by atoms with Gasteiger partial charge in [-0.2, -0.15) is 50.8 Å². The summed E-state index contributed by atoms with van der Waals surface area (Å²) >= 11 is 0. The van der Waals surface area contributed by atoms with Crippen LogP contribution < -0.4 is 22.3 Å². The first-order chi connectivity index (χ1) is 25.3. The van der Waals surface area contributed by atoms with E-state index in [0.29, 0.717) is 40.2 Å². The molecule has 7 rings (SSSR count). The number of azo groups is 1. The smallest absolute Gasteiger partial charge is 0.257 e. The molecule has 17 nitrogen and oxygen atoms in total. The molecule has 0 saturated heterocycles. The van der Waals surface area contributed by atoms with E-state index in [2.05, 4.69) is 93.1 Å². The van der Waals surface area contributed by atoms with Gasteiger partial charge in [0.05, 0.1) is 11.4 Å². The van der Waals surface area contributed by atoms with Crippen molar-refractivity contribution >= 4 is 34.6 Å². The Morgan fingerprint density at radius 3 is 1.64 bits per heavy atom. The molecule has 3 radical (unpaired) electrons. The van der Waals surface area contributed by atoms with Crippen LogP contribution in [0.3, 0.4) is 0 Å². The van der Waals surface area contributed by atoms with Crippen LogP contribution in [-0.4, -0.2) is 54.1 Å². The summed E-state index contributed by atoms with van der Waals surface area (Å²) in [5.41, 5.74) is 29.5. The summed E-state index contributed by atoms with van der Waals surface area (Å²) in [6.07, 6.45) is 6.02. The molecule has 0 aliphatic heterocycles. The van der Waals surface area contributed by atoms with Crippen LogP contribution in [0.1, 0.15) is 50.6 Å². The number of hydrogen-bond donors (Lipinski definition) is 4. The van der Waals surface area contributed by atoms with Gasteiger partial charge in [-0.05, 0) is 101 Å². The van der Waals surface area contributed by atoms with Crippen LogP contribution in [0.25, 0.3) is 23.3 Å². The van der Waals surface area contributed by atoms with Crippen molar-refractivity contribution < 1.29 is 98.1 Å². The van der Waals surface area contributed by atoms with Crippen LogP contribution in [0.4, 0.5) is 34.6 Å². The summed E-state index contributed by atoms with van der Waals surface area (Å²) in [4.78, 5) is 13.7. The summed E-state index contributed by atoms with van der Waals surface area (Å²) in [6, 6.07) is 12.4. The molecular weight excluding hydrogens is 937 g/mol. The summed E-state index contributed by atoms with van der Waals surface area (Å²) in [6.45, 7) is 17.3. The Hall–Kier alpha value is -3.60. The van der Waals surface area contributed by atoms with Crippen molar-refractivity contribution in [3.8, 4) is 23.3 Å². The number of rotatable bonds is 9. The average Bonchev–Trinajstić information content (AvgIpc) is 3.81. The minimum atomic E-state index is 0. The van der Waals surface area contributed by atoms with Gasteiger partial charge >= 0.3 is 0 Å². The zero-order chi connectivity index (χ0) is 37.7. The van der Waals surface area contributed by atoms with E-state index in [-0.39, 0.29) is 122 Å². The van der Waals surface area contributed by atoms with Gasteiger partial charge in [-0.25, -0.2) is 5.11 Å². The first kappa shape index (κ1) is 45.1. The van der Waals surface area contributed by atoms with E-state index >= 15 is 0 Å². The maximum atomic E-state index is 6.65. The van der Waals surface area contributed by atoms with Gasteiger partial charge in [0, 0.05) is 115 Å². The van der Waals surface area contributed by atoms with E-state index in [9.17, 15) is 0 Å². The van der Waals surface area contributed by atoms with Gasteiger partial charge in [-0.1, -0.05) is 26.0 Å². The molecule has 0 fully saturated rings. The van der Waals surface area contributed by atoms with Gasteiger partial charge in [0.15, 0.2) is 11.6 Å². The molecule has 0 atom stereocenters. The summed E-state index contributed by atoms with van der Waals surface area (Å²) < 4.78 is 6.30. The van der Waals surface area contributed by atoms with Gasteiger partial charge in [0.1, 0.15) is 17.2 Å². The maximum absolute atomic E-state index is 6.65. The largest absolute Gasteiger partial charge is 0.382 e. The van der Waals surface area contributed by atoms with Crippen molar-refractivity contribution in [1.29, 1.82) is 0 Å². The van der Waals surface area contributed by atoms with Crippen molar-refractivity contribution in [3.63, 3.8) is 0 Å². The Bertz CT molecular complexity index is 2520. The number of nitrogen functional groups attached to an aromatic ring is 2. The third-order valence-corrected chi connectivity index (χ3v) is 8.45. The van der Waals surface area contributed by atoms with Crippen LogP contribution in [0, 0.1) is 74.7 Å². The third kappa shape index (κ3) is 9.08. The van der Waals surface area contributed by atoms with E-state index < -0.39 is 0 Å². The normalized spacial score (nSPS) is 10.9. The van der Waals surface area contributed by atoms with Crippen molar-refractivity contribution in [2.45, 2.75) is 62.3 Å². The topological polar surface area (TPSA) is 211 Å². The predicted molar refractivity (Wildman–Crippen MR) is 202 cm³/mol. The van der Waals surface area contributed by atoms with E-state index in [1.54, 1.807) is 23.2 Å². The Labute approximate surface area is 399 Å².